The standard InChI is InChI=1S/C57H44N4/c1-33-20-36(4)55(37(5)21-33)42-16-18-47-45-12-8-10-14-49(45)60(51(47)29-42)53-27-41(32-59)28-54(57(53)44-25-35(3)24-40(26-44)31-58)61-50-15-11-9-13-46(50)48-19-17-43(30-52(48)61)56-38(6)22-34(2)23-39(56)7/h8-30H,1-7H3. The maximum atomic E-state index is 11.0. The number of para-hydroxylation sites is 2. The van der Waals surface area contributed by atoms with Crippen LogP contribution in [-0.4, -0.2) is 9.13 Å². The maximum absolute atomic E-state index is 11.0. The summed E-state index contributed by atoms with van der Waals surface area (Å²) in [6.07, 6.45) is 0. The molecule has 0 aliphatic rings. The van der Waals surface area contributed by atoms with Crippen molar-refractivity contribution in [1.82, 2.24) is 9.13 Å². The lowest BCUT2D eigenvalue weighted by Gasteiger charge is -2.22. The molecule has 4 heteroatoms. The molecule has 0 bridgehead atoms. The molecule has 0 spiro atoms. The van der Waals surface area contributed by atoms with Gasteiger partial charge in [0.15, 0.2) is 0 Å². The quantitative estimate of drug-likeness (QED) is 0.174. The summed E-state index contributed by atoms with van der Waals surface area (Å²) in [6.45, 7) is 15.1. The van der Waals surface area contributed by atoms with E-state index in [4.69, 9.17) is 0 Å². The lowest BCUT2D eigenvalue weighted by Crippen LogP contribution is -2.05. The fourth-order valence-electron chi connectivity index (χ4n) is 10.4. The Bertz CT molecular complexity index is 3330. The number of benzene rings is 8. The normalized spacial score (nSPS) is 11.5. The van der Waals surface area contributed by atoms with Crippen molar-refractivity contribution in [2.45, 2.75) is 48.5 Å². The number of nitriles is 2. The molecule has 0 saturated carbocycles. The second kappa shape index (κ2) is 14.3. The van der Waals surface area contributed by atoms with Gasteiger partial charge in [0, 0.05) is 27.1 Å². The minimum absolute atomic E-state index is 0.543. The Labute approximate surface area is 356 Å². The zero-order valence-corrected chi connectivity index (χ0v) is 35.6. The van der Waals surface area contributed by atoms with Crippen molar-refractivity contribution in [3.63, 3.8) is 0 Å². The molecule has 10 aromatic rings. The molecule has 2 heterocycles. The van der Waals surface area contributed by atoms with E-state index >= 15 is 0 Å². The third-order valence-corrected chi connectivity index (χ3v) is 12.5. The van der Waals surface area contributed by atoms with E-state index in [1.807, 2.05) is 31.2 Å². The molecule has 0 saturated heterocycles. The average molecular weight is 785 g/mol. The molecule has 0 aliphatic carbocycles. The van der Waals surface area contributed by atoms with Crippen molar-refractivity contribution in [3.05, 3.63) is 190 Å². The van der Waals surface area contributed by atoms with Gasteiger partial charge < -0.3 is 9.13 Å². The van der Waals surface area contributed by atoms with Gasteiger partial charge in [0.1, 0.15) is 0 Å². The van der Waals surface area contributed by atoms with E-state index in [-0.39, 0.29) is 0 Å². The lowest BCUT2D eigenvalue weighted by atomic mass is 9.93. The van der Waals surface area contributed by atoms with E-state index in [1.165, 1.54) is 44.5 Å². The molecule has 0 atom stereocenters. The Balaban J connectivity index is 1.38. The zero-order chi connectivity index (χ0) is 42.3. The van der Waals surface area contributed by atoms with Crippen LogP contribution in [0.2, 0.25) is 0 Å². The Morgan fingerprint density at radius 1 is 0.344 bits per heavy atom. The van der Waals surface area contributed by atoms with Gasteiger partial charge in [-0.3, -0.25) is 0 Å². The second-order valence-corrected chi connectivity index (χ2v) is 16.9. The van der Waals surface area contributed by atoms with Gasteiger partial charge in [-0.15, -0.1) is 0 Å². The van der Waals surface area contributed by atoms with E-state index in [0.29, 0.717) is 11.1 Å². The first-order valence-electron chi connectivity index (χ1n) is 20.9. The summed E-state index contributed by atoms with van der Waals surface area (Å²) in [7, 11) is 0. The molecule has 4 nitrogen and oxygen atoms in total. The zero-order valence-electron chi connectivity index (χ0n) is 35.6. The molecule has 0 unspecified atom stereocenters. The van der Waals surface area contributed by atoms with Gasteiger partial charge in [-0.2, -0.15) is 10.5 Å². The van der Waals surface area contributed by atoms with E-state index in [9.17, 15) is 10.5 Å². The molecule has 292 valence electrons. The second-order valence-electron chi connectivity index (χ2n) is 16.9. The molecule has 0 fully saturated rings. The van der Waals surface area contributed by atoms with Crippen LogP contribution in [0.15, 0.2) is 140 Å². The Morgan fingerprint density at radius 3 is 1.18 bits per heavy atom. The third-order valence-electron chi connectivity index (χ3n) is 12.5. The van der Waals surface area contributed by atoms with Crippen LogP contribution in [0.1, 0.15) is 50.1 Å². The molecule has 0 aliphatic heterocycles. The number of hydrogen-bond acceptors (Lipinski definition) is 2. The van der Waals surface area contributed by atoms with Gasteiger partial charge >= 0.3 is 0 Å². The van der Waals surface area contributed by atoms with Gasteiger partial charge in [0.05, 0.1) is 56.7 Å². The predicted octanol–water partition coefficient (Wildman–Crippen LogP) is 14.8. The van der Waals surface area contributed by atoms with E-state index in [1.54, 1.807) is 0 Å². The van der Waals surface area contributed by atoms with Crippen molar-refractivity contribution >= 4 is 43.6 Å². The highest BCUT2D eigenvalue weighted by molar-refractivity contribution is 6.13. The van der Waals surface area contributed by atoms with Crippen molar-refractivity contribution in [2.24, 2.45) is 0 Å². The van der Waals surface area contributed by atoms with Gasteiger partial charge in [-0.25, -0.2) is 0 Å². The van der Waals surface area contributed by atoms with Crippen LogP contribution in [0.5, 0.6) is 0 Å². The third kappa shape index (κ3) is 6.03. The summed E-state index contributed by atoms with van der Waals surface area (Å²) < 4.78 is 4.69. The van der Waals surface area contributed by atoms with Crippen molar-refractivity contribution in [3.8, 4) is 56.9 Å². The Kier molecular flexibility index (Phi) is 8.79. The molecule has 0 amide bonds. The van der Waals surface area contributed by atoms with Gasteiger partial charge in [0.25, 0.3) is 0 Å². The first-order valence-corrected chi connectivity index (χ1v) is 20.9. The van der Waals surface area contributed by atoms with Crippen LogP contribution < -0.4 is 0 Å². The molecular weight excluding hydrogens is 741 g/mol. The summed E-state index contributed by atoms with van der Waals surface area (Å²) in [4.78, 5) is 0. The SMILES string of the molecule is Cc1cc(C#N)cc(-c2c(-n3c4ccccc4c4ccc(-c5c(C)cc(C)cc5C)cc43)cc(C#N)cc2-n2c3ccccc3c3ccc(-c4c(C)cc(C)cc4C)cc32)c1. The van der Waals surface area contributed by atoms with Crippen molar-refractivity contribution in [1.29, 1.82) is 10.5 Å². The van der Waals surface area contributed by atoms with Crippen LogP contribution in [-0.2, 0) is 0 Å². The van der Waals surface area contributed by atoms with Crippen LogP contribution in [0.25, 0.3) is 88.4 Å². The van der Waals surface area contributed by atoms with Crippen LogP contribution in [0, 0.1) is 71.1 Å². The van der Waals surface area contributed by atoms with E-state index in [0.717, 1.165) is 82.8 Å². The highest BCUT2D eigenvalue weighted by Crippen LogP contribution is 2.45. The summed E-state index contributed by atoms with van der Waals surface area (Å²) in [5, 5.41) is 25.9. The number of fused-ring (bicyclic) bond motifs is 6. The molecule has 2 aromatic heterocycles. The fourth-order valence-corrected chi connectivity index (χ4v) is 10.4. The van der Waals surface area contributed by atoms with Crippen molar-refractivity contribution in [2.75, 3.05) is 0 Å². The molecular formula is C57H44N4. The summed E-state index contributed by atoms with van der Waals surface area (Å²) >= 11 is 0. The number of nitrogens with zero attached hydrogens (tertiary/aromatic N) is 4. The predicted molar refractivity (Wildman–Crippen MR) is 254 cm³/mol. The molecule has 0 radical (unpaired) electrons. The number of rotatable bonds is 5. The number of aryl methyl sites for hydroxylation is 7. The molecule has 10 rings (SSSR count). The van der Waals surface area contributed by atoms with Crippen LogP contribution >= 0.6 is 0 Å². The van der Waals surface area contributed by atoms with Gasteiger partial charge in [-0.05, 0) is 153 Å². The van der Waals surface area contributed by atoms with E-state index in [2.05, 4.69) is 178 Å². The average Bonchev–Trinajstić information content (AvgIpc) is 3.74. The van der Waals surface area contributed by atoms with Gasteiger partial charge in [-0.1, -0.05) is 102 Å². The Morgan fingerprint density at radius 2 is 0.738 bits per heavy atom. The monoisotopic (exact) mass is 784 g/mol. The molecule has 8 aromatic carbocycles. The minimum atomic E-state index is 0.543. The lowest BCUT2D eigenvalue weighted by molar-refractivity contribution is 1.13. The van der Waals surface area contributed by atoms with Crippen LogP contribution in [0.4, 0.5) is 0 Å². The summed E-state index contributed by atoms with van der Waals surface area (Å²) in [5.74, 6) is 0. The first-order chi connectivity index (χ1) is 29.5. The van der Waals surface area contributed by atoms with Crippen LogP contribution in [0.3, 0.4) is 0 Å². The summed E-state index contributed by atoms with van der Waals surface area (Å²) in [5.41, 5.74) is 22.0. The van der Waals surface area contributed by atoms with Gasteiger partial charge in [0.2, 0.25) is 0 Å². The maximum Gasteiger partial charge on any atom is 0.0993 e. The molecule has 0 N–H and O–H groups in total. The smallest absolute Gasteiger partial charge is 0.0993 e. The fraction of sp³-hybridized carbons (Fsp3) is 0.123. The minimum Gasteiger partial charge on any atom is -0.308 e. The van der Waals surface area contributed by atoms with Crippen molar-refractivity contribution < 1.29 is 0 Å². The number of hydrogen-bond donors (Lipinski definition) is 0. The highest BCUT2D eigenvalue weighted by Gasteiger charge is 2.25. The topological polar surface area (TPSA) is 57.4 Å². The first kappa shape index (κ1) is 37.6. The van der Waals surface area contributed by atoms with E-state index < -0.39 is 0 Å². The Hall–Kier alpha value is -7.66. The number of aromatic nitrogens is 2. The highest BCUT2D eigenvalue weighted by atomic mass is 15.0. The summed E-state index contributed by atoms with van der Waals surface area (Å²) in [6, 6.07) is 54.9. The largest absolute Gasteiger partial charge is 0.308 e. The molecule has 61 heavy (non-hydrogen) atoms.